The summed E-state index contributed by atoms with van der Waals surface area (Å²) in [5, 5.41) is 6.26. The lowest BCUT2D eigenvalue weighted by atomic mass is 10.1. The molecule has 1 aliphatic rings. The second kappa shape index (κ2) is 8.05. The number of nitrogens with one attached hydrogen (secondary N) is 2. The Bertz CT molecular complexity index is 671. The second-order valence-electron chi connectivity index (χ2n) is 4.81. The predicted octanol–water partition coefficient (Wildman–Crippen LogP) is 2.51. The van der Waals surface area contributed by atoms with Gasteiger partial charge in [0.1, 0.15) is 5.82 Å². The van der Waals surface area contributed by atoms with Gasteiger partial charge in [-0.1, -0.05) is 13.0 Å². The van der Waals surface area contributed by atoms with E-state index < -0.39 is 6.29 Å². The van der Waals surface area contributed by atoms with Crippen LogP contribution in [0.3, 0.4) is 0 Å². The zero-order valence-electron chi connectivity index (χ0n) is 13.0. The zero-order chi connectivity index (χ0) is 16.7. The molecule has 1 unspecified atom stereocenters. The van der Waals surface area contributed by atoms with Crippen LogP contribution in [-0.4, -0.2) is 19.2 Å². The summed E-state index contributed by atoms with van der Waals surface area (Å²) in [6, 6.07) is 6.08. The van der Waals surface area contributed by atoms with Gasteiger partial charge in [0.2, 0.25) is 0 Å². The van der Waals surface area contributed by atoms with E-state index in [0.717, 1.165) is 17.7 Å². The van der Waals surface area contributed by atoms with E-state index in [4.69, 9.17) is 5.73 Å². The molecule has 0 saturated carbocycles. The Morgan fingerprint density at radius 2 is 2.22 bits per heavy atom. The Labute approximate surface area is 135 Å². The number of aliphatic imine (C=N–C) groups is 2. The first kappa shape index (κ1) is 16.6. The third-order valence-electron chi connectivity index (χ3n) is 3.15. The number of hydrogen-bond donors (Lipinski definition) is 3. The van der Waals surface area contributed by atoms with Crippen LogP contribution in [0.1, 0.15) is 18.9 Å². The summed E-state index contributed by atoms with van der Waals surface area (Å²) in [5.41, 5.74) is 8.57. The van der Waals surface area contributed by atoms with Crippen molar-refractivity contribution >= 4 is 18.6 Å². The van der Waals surface area contributed by atoms with Crippen molar-refractivity contribution in [1.29, 1.82) is 0 Å². The maximum atomic E-state index is 13.2. The molecule has 0 fully saturated rings. The van der Waals surface area contributed by atoms with Crippen LogP contribution >= 0.6 is 0 Å². The van der Waals surface area contributed by atoms with E-state index in [0.29, 0.717) is 11.4 Å². The van der Waals surface area contributed by atoms with Crippen LogP contribution in [0.2, 0.25) is 0 Å². The molecule has 1 aromatic rings. The monoisotopic (exact) mass is 313 g/mol. The number of nitrogens with two attached hydrogens (primary N) is 1. The van der Waals surface area contributed by atoms with Crippen molar-refractivity contribution in [2.45, 2.75) is 19.6 Å². The van der Waals surface area contributed by atoms with Crippen molar-refractivity contribution < 1.29 is 4.39 Å². The summed E-state index contributed by atoms with van der Waals surface area (Å²) in [5.74, 6) is -0.304. The molecule has 1 heterocycles. The SMILES string of the molecule is C=N/C(=C(\N/C=C\CC)C1=CC=NC(N)N1)c1ccc(F)cc1. The summed E-state index contributed by atoms with van der Waals surface area (Å²) in [4.78, 5) is 8.14. The average molecular weight is 313 g/mol. The highest BCUT2D eigenvalue weighted by molar-refractivity contribution is 5.79. The molecule has 0 aromatic heterocycles. The molecule has 4 N–H and O–H groups in total. The smallest absolute Gasteiger partial charge is 0.171 e. The predicted molar refractivity (Wildman–Crippen MR) is 93.1 cm³/mol. The molecule has 6 heteroatoms. The summed E-state index contributed by atoms with van der Waals surface area (Å²) >= 11 is 0. The molecule has 1 aromatic carbocycles. The van der Waals surface area contributed by atoms with Crippen LogP contribution in [0, 0.1) is 5.82 Å². The second-order valence-corrected chi connectivity index (χ2v) is 4.81. The molecule has 120 valence electrons. The lowest BCUT2D eigenvalue weighted by molar-refractivity contribution is 0.611. The molecular weight excluding hydrogens is 293 g/mol. The third-order valence-corrected chi connectivity index (χ3v) is 3.15. The molecule has 0 aliphatic carbocycles. The van der Waals surface area contributed by atoms with Gasteiger partial charge in [-0.3, -0.25) is 15.7 Å². The molecule has 0 saturated heterocycles. The van der Waals surface area contributed by atoms with Gasteiger partial charge in [-0.2, -0.15) is 0 Å². The van der Waals surface area contributed by atoms with Crippen LogP contribution in [0.5, 0.6) is 0 Å². The fraction of sp³-hybridized carbons (Fsp3) is 0.176. The van der Waals surface area contributed by atoms with Gasteiger partial charge in [-0.25, -0.2) is 4.39 Å². The molecule has 1 aliphatic heterocycles. The van der Waals surface area contributed by atoms with Gasteiger partial charge in [0.05, 0.1) is 17.1 Å². The molecule has 23 heavy (non-hydrogen) atoms. The molecule has 0 bridgehead atoms. The van der Waals surface area contributed by atoms with E-state index in [2.05, 4.69) is 27.3 Å². The highest BCUT2D eigenvalue weighted by atomic mass is 19.1. The van der Waals surface area contributed by atoms with Crippen LogP contribution in [0.15, 0.2) is 64.0 Å². The first-order valence-electron chi connectivity index (χ1n) is 7.30. The lowest BCUT2D eigenvalue weighted by Gasteiger charge is -2.21. The van der Waals surface area contributed by atoms with E-state index in [1.807, 2.05) is 19.2 Å². The highest BCUT2D eigenvalue weighted by Gasteiger charge is 2.15. The van der Waals surface area contributed by atoms with Crippen molar-refractivity contribution in [3.8, 4) is 0 Å². The van der Waals surface area contributed by atoms with Gasteiger partial charge in [-0.05, 0) is 49.7 Å². The quantitative estimate of drug-likeness (QED) is 0.706. The minimum absolute atomic E-state index is 0.304. The van der Waals surface area contributed by atoms with Crippen LogP contribution in [-0.2, 0) is 0 Å². The fourth-order valence-corrected chi connectivity index (χ4v) is 2.07. The molecule has 1 atom stereocenters. The first-order chi connectivity index (χ1) is 11.2. The fourth-order valence-electron chi connectivity index (χ4n) is 2.07. The largest absolute Gasteiger partial charge is 0.359 e. The van der Waals surface area contributed by atoms with Crippen molar-refractivity contribution in [2.75, 3.05) is 0 Å². The van der Waals surface area contributed by atoms with Gasteiger partial charge >= 0.3 is 0 Å². The molecule has 0 radical (unpaired) electrons. The lowest BCUT2D eigenvalue weighted by Crippen LogP contribution is -2.39. The standard InChI is InChI=1S/C17H20FN5/c1-3-4-10-21-16(14-9-11-22-17(19)23-14)15(20-2)12-5-7-13(18)8-6-12/h4-11,17,21,23H,2-3,19H2,1H3/b10-4-,16-15-. The van der Waals surface area contributed by atoms with Gasteiger partial charge in [0.25, 0.3) is 0 Å². The van der Waals surface area contributed by atoms with Crippen molar-refractivity contribution in [3.05, 3.63) is 65.4 Å². The van der Waals surface area contributed by atoms with E-state index in [-0.39, 0.29) is 5.82 Å². The summed E-state index contributed by atoms with van der Waals surface area (Å²) in [7, 11) is 0. The molecule has 2 rings (SSSR count). The Balaban J connectivity index is 2.49. The number of hydrogen-bond acceptors (Lipinski definition) is 5. The number of benzene rings is 1. The van der Waals surface area contributed by atoms with Crippen LogP contribution in [0.4, 0.5) is 4.39 Å². The average Bonchev–Trinajstić information content (AvgIpc) is 2.56. The van der Waals surface area contributed by atoms with Gasteiger partial charge in [-0.15, -0.1) is 0 Å². The normalized spacial score (nSPS) is 18.2. The first-order valence-corrected chi connectivity index (χ1v) is 7.30. The molecule has 0 amide bonds. The van der Waals surface area contributed by atoms with Crippen molar-refractivity contribution in [3.63, 3.8) is 0 Å². The number of nitrogens with zero attached hydrogens (tertiary/aromatic N) is 2. The van der Waals surface area contributed by atoms with Gasteiger partial charge in [0, 0.05) is 11.8 Å². The Morgan fingerprint density at radius 3 is 2.83 bits per heavy atom. The Kier molecular flexibility index (Phi) is 5.82. The maximum Gasteiger partial charge on any atom is 0.171 e. The summed E-state index contributed by atoms with van der Waals surface area (Å²) in [6.07, 6.45) is 7.59. The van der Waals surface area contributed by atoms with Crippen molar-refractivity contribution in [1.82, 2.24) is 10.6 Å². The Morgan fingerprint density at radius 1 is 1.48 bits per heavy atom. The number of rotatable bonds is 6. The zero-order valence-corrected chi connectivity index (χ0v) is 13.0. The minimum Gasteiger partial charge on any atom is -0.359 e. The summed E-state index contributed by atoms with van der Waals surface area (Å²) < 4.78 is 13.2. The van der Waals surface area contributed by atoms with Crippen molar-refractivity contribution in [2.24, 2.45) is 15.7 Å². The van der Waals surface area contributed by atoms with Crippen LogP contribution < -0.4 is 16.4 Å². The highest BCUT2D eigenvalue weighted by Crippen LogP contribution is 2.23. The van der Waals surface area contributed by atoms with E-state index in [1.165, 1.54) is 12.1 Å². The van der Waals surface area contributed by atoms with Crippen LogP contribution in [0.25, 0.3) is 5.70 Å². The van der Waals surface area contributed by atoms with E-state index >= 15 is 0 Å². The summed E-state index contributed by atoms with van der Waals surface area (Å²) in [6.45, 7) is 5.67. The van der Waals surface area contributed by atoms with E-state index in [9.17, 15) is 4.39 Å². The molecule has 5 nitrogen and oxygen atoms in total. The minimum atomic E-state index is -0.527. The Hall–Kier alpha value is -2.73. The third kappa shape index (κ3) is 4.37. The van der Waals surface area contributed by atoms with Gasteiger partial charge < -0.3 is 10.6 Å². The maximum absolute atomic E-state index is 13.2. The number of allylic oxidation sites excluding steroid dienone is 2. The number of halogens is 1. The molecular formula is C17H20FN5. The topological polar surface area (TPSA) is 74.8 Å². The molecule has 0 spiro atoms. The van der Waals surface area contributed by atoms with Gasteiger partial charge in [0.15, 0.2) is 6.29 Å². The van der Waals surface area contributed by atoms with E-state index in [1.54, 1.807) is 24.4 Å².